The van der Waals surface area contributed by atoms with Gasteiger partial charge in [-0.25, -0.2) is 0 Å². The van der Waals surface area contributed by atoms with Gasteiger partial charge in [0, 0.05) is 44.8 Å². The SMILES string of the molecule is COc1cccc([C@H](C)N2CCN(CC(=O)N3CCCC[C@@H]3C)CC2)c1. The molecule has 5 heteroatoms. The Hall–Kier alpha value is -1.59. The number of benzene rings is 1. The fourth-order valence-electron chi connectivity index (χ4n) is 4.17. The van der Waals surface area contributed by atoms with Gasteiger partial charge in [0.2, 0.25) is 5.91 Å². The Balaban J connectivity index is 1.49. The topological polar surface area (TPSA) is 36.0 Å². The van der Waals surface area contributed by atoms with Gasteiger partial charge in [-0.1, -0.05) is 12.1 Å². The van der Waals surface area contributed by atoms with Crippen molar-refractivity contribution in [2.75, 3.05) is 46.4 Å². The Morgan fingerprint density at radius 3 is 2.65 bits per heavy atom. The van der Waals surface area contributed by atoms with Crippen LogP contribution in [0.25, 0.3) is 0 Å². The number of piperazine rings is 1. The van der Waals surface area contributed by atoms with E-state index in [1.54, 1.807) is 7.11 Å². The highest BCUT2D eigenvalue weighted by Gasteiger charge is 2.27. The molecule has 0 unspecified atom stereocenters. The molecule has 0 aromatic heterocycles. The van der Waals surface area contributed by atoms with E-state index in [4.69, 9.17) is 4.74 Å². The lowest BCUT2D eigenvalue weighted by atomic mass is 10.0. The van der Waals surface area contributed by atoms with Gasteiger partial charge in [0.1, 0.15) is 5.75 Å². The van der Waals surface area contributed by atoms with Crippen molar-refractivity contribution in [2.45, 2.75) is 45.2 Å². The highest BCUT2D eigenvalue weighted by Crippen LogP contribution is 2.25. The first-order valence-corrected chi connectivity index (χ1v) is 9.98. The molecule has 2 atom stereocenters. The summed E-state index contributed by atoms with van der Waals surface area (Å²) in [6.07, 6.45) is 3.56. The maximum absolute atomic E-state index is 12.6. The number of hydrogen-bond donors (Lipinski definition) is 0. The van der Waals surface area contributed by atoms with Crippen molar-refractivity contribution in [1.82, 2.24) is 14.7 Å². The van der Waals surface area contributed by atoms with Gasteiger partial charge in [-0.3, -0.25) is 14.6 Å². The minimum Gasteiger partial charge on any atom is -0.497 e. The molecule has 2 heterocycles. The van der Waals surface area contributed by atoms with Gasteiger partial charge >= 0.3 is 0 Å². The van der Waals surface area contributed by atoms with Crippen molar-refractivity contribution in [1.29, 1.82) is 0 Å². The molecule has 0 bridgehead atoms. The third kappa shape index (κ3) is 4.57. The van der Waals surface area contributed by atoms with Crippen LogP contribution in [-0.4, -0.2) is 73.0 Å². The van der Waals surface area contributed by atoms with Crippen LogP contribution in [0, 0.1) is 0 Å². The van der Waals surface area contributed by atoms with Gasteiger partial charge in [-0.15, -0.1) is 0 Å². The summed E-state index contributed by atoms with van der Waals surface area (Å²) in [5.41, 5.74) is 1.29. The van der Waals surface area contributed by atoms with E-state index in [1.165, 1.54) is 12.0 Å². The van der Waals surface area contributed by atoms with Crippen molar-refractivity contribution < 1.29 is 9.53 Å². The van der Waals surface area contributed by atoms with Crippen LogP contribution in [0.4, 0.5) is 0 Å². The molecule has 1 amide bonds. The predicted molar refractivity (Wildman–Crippen MR) is 104 cm³/mol. The van der Waals surface area contributed by atoms with E-state index in [1.807, 2.05) is 6.07 Å². The molecule has 0 N–H and O–H groups in total. The van der Waals surface area contributed by atoms with Crippen LogP contribution in [0.5, 0.6) is 5.75 Å². The molecule has 1 aromatic carbocycles. The third-order valence-corrected chi connectivity index (χ3v) is 6.01. The summed E-state index contributed by atoms with van der Waals surface area (Å²) in [4.78, 5) is 19.6. The quantitative estimate of drug-likeness (QED) is 0.810. The first-order chi connectivity index (χ1) is 12.6. The van der Waals surface area contributed by atoms with Crippen molar-refractivity contribution in [3.8, 4) is 5.75 Å². The Morgan fingerprint density at radius 2 is 1.96 bits per heavy atom. The predicted octanol–water partition coefficient (Wildman–Crippen LogP) is 2.77. The summed E-state index contributed by atoms with van der Waals surface area (Å²) >= 11 is 0. The minimum atomic E-state index is 0.312. The average molecular weight is 360 g/mol. The van der Waals surface area contributed by atoms with E-state index < -0.39 is 0 Å². The van der Waals surface area contributed by atoms with Crippen LogP contribution >= 0.6 is 0 Å². The zero-order valence-corrected chi connectivity index (χ0v) is 16.5. The van der Waals surface area contributed by atoms with E-state index in [0.717, 1.165) is 51.3 Å². The maximum atomic E-state index is 12.6. The average Bonchev–Trinajstić information content (AvgIpc) is 2.68. The van der Waals surface area contributed by atoms with Crippen LogP contribution in [0.15, 0.2) is 24.3 Å². The Kier molecular flexibility index (Phi) is 6.54. The zero-order valence-electron chi connectivity index (χ0n) is 16.5. The number of rotatable bonds is 5. The van der Waals surface area contributed by atoms with Gasteiger partial charge in [0.15, 0.2) is 0 Å². The van der Waals surface area contributed by atoms with Crippen LogP contribution in [0.2, 0.25) is 0 Å². The standard InChI is InChI=1S/C21H33N3O2/c1-17-7-4-5-10-24(17)21(25)16-22-11-13-23(14-12-22)18(2)19-8-6-9-20(15-19)26-3/h6,8-9,15,17-18H,4-5,7,10-14,16H2,1-3H3/t17-,18-/m0/s1. The normalized spacial score (nSPS) is 23.7. The molecule has 1 aromatic rings. The fraction of sp³-hybridized carbons (Fsp3) is 0.667. The smallest absolute Gasteiger partial charge is 0.236 e. The third-order valence-electron chi connectivity index (χ3n) is 6.01. The number of piperidine rings is 1. The molecule has 3 rings (SSSR count). The molecule has 2 fully saturated rings. The van der Waals surface area contributed by atoms with E-state index in [2.05, 4.69) is 46.7 Å². The van der Waals surface area contributed by atoms with E-state index in [9.17, 15) is 4.79 Å². The molecule has 2 saturated heterocycles. The molecule has 2 aliphatic heterocycles. The molecule has 0 radical (unpaired) electrons. The van der Waals surface area contributed by atoms with Gasteiger partial charge < -0.3 is 9.64 Å². The molecule has 26 heavy (non-hydrogen) atoms. The number of methoxy groups -OCH3 is 1. The number of ether oxygens (including phenoxy) is 1. The van der Waals surface area contributed by atoms with Crippen LogP contribution in [0.3, 0.4) is 0 Å². The number of nitrogens with zero attached hydrogens (tertiary/aromatic N) is 3. The van der Waals surface area contributed by atoms with Gasteiger partial charge in [0.05, 0.1) is 13.7 Å². The first kappa shape index (κ1) is 19.2. The van der Waals surface area contributed by atoms with Crippen LogP contribution < -0.4 is 4.74 Å². The van der Waals surface area contributed by atoms with Crippen LogP contribution in [-0.2, 0) is 4.79 Å². The monoisotopic (exact) mass is 359 g/mol. The molecule has 5 nitrogen and oxygen atoms in total. The molecule has 0 aliphatic carbocycles. The number of carbonyl (C=O) groups excluding carboxylic acids is 1. The molecular weight excluding hydrogens is 326 g/mol. The van der Waals surface area contributed by atoms with Gasteiger partial charge in [-0.05, 0) is 50.8 Å². The molecule has 0 saturated carbocycles. The van der Waals surface area contributed by atoms with E-state index in [-0.39, 0.29) is 0 Å². The molecular formula is C21H33N3O2. The highest BCUT2D eigenvalue weighted by atomic mass is 16.5. The second-order valence-corrected chi connectivity index (χ2v) is 7.70. The van der Waals surface area contributed by atoms with E-state index in [0.29, 0.717) is 24.5 Å². The van der Waals surface area contributed by atoms with Crippen molar-refractivity contribution >= 4 is 5.91 Å². The minimum absolute atomic E-state index is 0.312. The summed E-state index contributed by atoms with van der Waals surface area (Å²) in [6, 6.07) is 9.11. The summed E-state index contributed by atoms with van der Waals surface area (Å²) in [5, 5.41) is 0. The first-order valence-electron chi connectivity index (χ1n) is 9.98. The van der Waals surface area contributed by atoms with E-state index >= 15 is 0 Å². The second kappa shape index (κ2) is 8.87. The summed E-state index contributed by atoms with van der Waals surface area (Å²) in [5.74, 6) is 1.22. The zero-order chi connectivity index (χ0) is 18.5. The highest BCUT2D eigenvalue weighted by molar-refractivity contribution is 5.78. The fourth-order valence-corrected chi connectivity index (χ4v) is 4.17. The number of likely N-dealkylation sites (tertiary alicyclic amines) is 1. The van der Waals surface area contributed by atoms with Gasteiger partial charge in [0.25, 0.3) is 0 Å². The lowest BCUT2D eigenvalue weighted by Crippen LogP contribution is -2.52. The summed E-state index contributed by atoms with van der Waals surface area (Å²) < 4.78 is 5.35. The summed E-state index contributed by atoms with van der Waals surface area (Å²) in [6.45, 7) is 9.88. The second-order valence-electron chi connectivity index (χ2n) is 7.70. The number of hydrogen-bond acceptors (Lipinski definition) is 4. The van der Waals surface area contributed by atoms with Gasteiger partial charge in [-0.2, -0.15) is 0 Å². The molecule has 0 spiro atoms. The maximum Gasteiger partial charge on any atom is 0.236 e. The van der Waals surface area contributed by atoms with Crippen molar-refractivity contribution in [3.63, 3.8) is 0 Å². The lowest BCUT2D eigenvalue weighted by molar-refractivity contribution is -0.136. The number of carbonyl (C=O) groups is 1. The van der Waals surface area contributed by atoms with Crippen LogP contribution in [0.1, 0.15) is 44.7 Å². The van der Waals surface area contributed by atoms with Crippen molar-refractivity contribution in [3.05, 3.63) is 29.8 Å². The molecule has 144 valence electrons. The lowest BCUT2D eigenvalue weighted by Gasteiger charge is -2.40. The largest absolute Gasteiger partial charge is 0.497 e. The number of amides is 1. The Morgan fingerprint density at radius 1 is 1.19 bits per heavy atom. The Labute approximate surface area is 157 Å². The molecule has 2 aliphatic rings. The van der Waals surface area contributed by atoms with Crippen molar-refractivity contribution in [2.24, 2.45) is 0 Å². The summed E-state index contributed by atoms with van der Waals surface area (Å²) in [7, 11) is 1.71. The Bertz CT molecular complexity index is 599.